The van der Waals surface area contributed by atoms with Gasteiger partial charge < -0.3 is 9.47 Å². The molecule has 2 rings (SSSR count). The predicted molar refractivity (Wildman–Crippen MR) is 55.6 cm³/mol. The van der Waals surface area contributed by atoms with Crippen LogP contribution in [0.2, 0.25) is 0 Å². The van der Waals surface area contributed by atoms with Gasteiger partial charge in [-0.1, -0.05) is 0 Å². The van der Waals surface area contributed by atoms with E-state index in [2.05, 4.69) is 6.92 Å². The van der Waals surface area contributed by atoms with Crippen molar-refractivity contribution in [2.75, 3.05) is 0 Å². The van der Waals surface area contributed by atoms with Crippen molar-refractivity contribution in [2.24, 2.45) is 0 Å². The van der Waals surface area contributed by atoms with E-state index in [0.29, 0.717) is 12.2 Å². The third-order valence-electron chi connectivity index (χ3n) is 2.31. The van der Waals surface area contributed by atoms with E-state index in [1.54, 1.807) is 18.2 Å². The smallest absolute Gasteiger partial charge is 0.205 e. The maximum absolute atomic E-state index is 11.1. The van der Waals surface area contributed by atoms with Gasteiger partial charge in [-0.2, -0.15) is 0 Å². The van der Waals surface area contributed by atoms with Gasteiger partial charge in [-0.05, 0) is 18.2 Å². The van der Waals surface area contributed by atoms with Crippen molar-refractivity contribution < 1.29 is 14.3 Å². The number of Topliss-reactive ketones (excluding diaryl/α,β-unsaturated/α-hetero) is 1. The van der Waals surface area contributed by atoms with Gasteiger partial charge in [0.15, 0.2) is 5.78 Å². The summed E-state index contributed by atoms with van der Waals surface area (Å²) in [7, 11) is 0. The summed E-state index contributed by atoms with van der Waals surface area (Å²) < 4.78 is 11.1. The molecule has 0 bridgehead atoms. The van der Waals surface area contributed by atoms with Crippen molar-refractivity contribution in [1.29, 1.82) is 0 Å². The topological polar surface area (TPSA) is 35.5 Å². The molecule has 0 N–H and O–H groups in total. The molecule has 0 amide bonds. The first-order chi connectivity index (χ1) is 6.98. The second-order valence-corrected chi connectivity index (χ2v) is 4.04. The monoisotopic (exact) mass is 205 g/mol. The third kappa shape index (κ3) is 2.02. The summed E-state index contributed by atoms with van der Waals surface area (Å²) in [5.74, 6) is -0.0120. The molecule has 1 heterocycles. The highest BCUT2D eigenvalue weighted by molar-refractivity contribution is 5.99. The van der Waals surface area contributed by atoms with Crippen LogP contribution in [0.4, 0.5) is 0 Å². The van der Waals surface area contributed by atoms with Crippen LogP contribution in [0.1, 0.15) is 29.8 Å². The molecule has 0 atom stereocenters. The first-order valence-electron chi connectivity index (χ1n) is 4.80. The SMILES string of the molecule is [CH2]C(=O)c1ccc2c(c1)COC(C)(C)O2. The molecule has 0 unspecified atom stereocenters. The van der Waals surface area contributed by atoms with Gasteiger partial charge in [0, 0.05) is 31.9 Å². The lowest BCUT2D eigenvalue weighted by molar-refractivity contribution is -0.180. The average Bonchev–Trinajstić information content (AvgIpc) is 2.15. The molecular weight excluding hydrogens is 192 g/mol. The van der Waals surface area contributed by atoms with Gasteiger partial charge in [0.1, 0.15) is 5.75 Å². The van der Waals surface area contributed by atoms with Crippen molar-refractivity contribution >= 4 is 5.78 Å². The summed E-state index contributed by atoms with van der Waals surface area (Å²) in [6, 6.07) is 5.27. The van der Waals surface area contributed by atoms with Crippen molar-refractivity contribution in [3.05, 3.63) is 36.2 Å². The molecule has 1 aromatic carbocycles. The highest BCUT2D eigenvalue weighted by Crippen LogP contribution is 2.31. The van der Waals surface area contributed by atoms with Crippen molar-refractivity contribution in [3.63, 3.8) is 0 Å². The zero-order valence-electron chi connectivity index (χ0n) is 8.87. The van der Waals surface area contributed by atoms with Crippen LogP contribution >= 0.6 is 0 Å². The summed E-state index contributed by atoms with van der Waals surface area (Å²) >= 11 is 0. The van der Waals surface area contributed by atoms with E-state index in [1.807, 2.05) is 13.8 Å². The summed E-state index contributed by atoms with van der Waals surface area (Å²) in [4.78, 5) is 11.1. The Hall–Kier alpha value is -1.35. The number of carbonyl (C=O) groups is 1. The molecule has 0 fully saturated rings. The Morgan fingerprint density at radius 3 is 2.87 bits per heavy atom. The predicted octanol–water partition coefficient (Wildman–Crippen LogP) is 2.35. The van der Waals surface area contributed by atoms with Crippen LogP contribution in [0.3, 0.4) is 0 Å². The van der Waals surface area contributed by atoms with Crippen LogP contribution in [0.25, 0.3) is 0 Å². The summed E-state index contributed by atoms with van der Waals surface area (Å²) in [6.07, 6.45) is 0. The van der Waals surface area contributed by atoms with E-state index in [1.165, 1.54) is 0 Å². The van der Waals surface area contributed by atoms with Crippen LogP contribution in [0.5, 0.6) is 5.75 Å². The summed E-state index contributed by atoms with van der Waals surface area (Å²) in [5.41, 5.74) is 1.48. The quantitative estimate of drug-likeness (QED) is 0.660. The van der Waals surface area contributed by atoms with Gasteiger partial charge in [0.05, 0.1) is 6.61 Å². The van der Waals surface area contributed by atoms with Crippen LogP contribution in [0.15, 0.2) is 18.2 Å². The highest BCUT2D eigenvalue weighted by atomic mass is 16.7. The standard InChI is InChI=1S/C12H13O3/c1-8(13)9-4-5-11-10(6-9)7-14-12(2,3)15-11/h4-6H,1,7H2,2-3H3. The van der Waals surface area contributed by atoms with Gasteiger partial charge >= 0.3 is 0 Å². The van der Waals surface area contributed by atoms with Crippen LogP contribution in [-0.2, 0) is 11.3 Å². The van der Waals surface area contributed by atoms with E-state index in [0.717, 1.165) is 11.3 Å². The van der Waals surface area contributed by atoms with Gasteiger partial charge in [0.2, 0.25) is 5.79 Å². The lowest BCUT2D eigenvalue weighted by Gasteiger charge is -2.32. The molecule has 1 radical (unpaired) electrons. The normalized spacial score (nSPS) is 17.8. The molecule has 3 nitrogen and oxygen atoms in total. The Kier molecular flexibility index (Phi) is 2.27. The Balaban J connectivity index is 2.36. The fraction of sp³-hybridized carbons (Fsp3) is 0.333. The van der Waals surface area contributed by atoms with E-state index < -0.39 is 5.79 Å². The van der Waals surface area contributed by atoms with Crippen LogP contribution in [-0.4, -0.2) is 11.6 Å². The Bertz CT molecular complexity index is 407. The molecule has 1 aliphatic rings. The van der Waals surface area contributed by atoms with Gasteiger partial charge in [-0.3, -0.25) is 4.79 Å². The van der Waals surface area contributed by atoms with Crippen LogP contribution < -0.4 is 4.74 Å². The number of ether oxygens (including phenoxy) is 2. The van der Waals surface area contributed by atoms with Gasteiger partial charge in [-0.25, -0.2) is 0 Å². The number of carbonyl (C=O) groups excluding carboxylic acids is 1. The number of ketones is 1. The van der Waals surface area contributed by atoms with Crippen molar-refractivity contribution in [2.45, 2.75) is 26.2 Å². The molecule has 3 heteroatoms. The van der Waals surface area contributed by atoms with Gasteiger partial charge in [0.25, 0.3) is 0 Å². The Morgan fingerprint density at radius 2 is 2.20 bits per heavy atom. The zero-order chi connectivity index (χ0) is 11.1. The second-order valence-electron chi connectivity index (χ2n) is 4.04. The van der Waals surface area contributed by atoms with E-state index in [-0.39, 0.29) is 5.78 Å². The minimum atomic E-state index is -0.594. The highest BCUT2D eigenvalue weighted by Gasteiger charge is 2.27. The lowest BCUT2D eigenvalue weighted by atomic mass is 10.1. The minimum Gasteiger partial charge on any atom is -0.463 e. The number of benzene rings is 1. The first-order valence-corrected chi connectivity index (χ1v) is 4.80. The number of fused-ring (bicyclic) bond motifs is 1. The van der Waals surface area contributed by atoms with Crippen molar-refractivity contribution in [1.82, 2.24) is 0 Å². The molecule has 0 aliphatic carbocycles. The van der Waals surface area contributed by atoms with Crippen molar-refractivity contribution in [3.8, 4) is 5.75 Å². The molecule has 0 spiro atoms. The number of hydrogen-bond donors (Lipinski definition) is 0. The molecule has 1 aromatic rings. The maximum Gasteiger partial charge on any atom is 0.205 e. The van der Waals surface area contributed by atoms with E-state index >= 15 is 0 Å². The average molecular weight is 205 g/mol. The van der Waals surface area contributed by atoms with E-state index in [4.69, 9.17) is 9.47 Å². The molecule has 0 saturated carbocycles. The maximum atomic E-state index is 11.1. The summed E-state index contributed by atoms with van der Waals surface area (Å²) in [6.45, 7) is 7.54. The number of rotatable bonds is 1. The first kappa shape index (κ1) is 10.2. The molecule has 79 valence electrons. The number of hydrogen-bond acceptors (Lipinski definition) is 3. The molecule has 0 saturated heterocycles. The van der Waals surface area contributed by atoms with Crippen LogP contribution in [0, 0.1) is 6.92 Å². The molecular formula is C12H13O3. The Labute approximate surface area is 89.0 Å². The second kappa shape index (κ2) is 3.35. The molecule has 1 aliphatic heterocycles. The molecule has 15 heavy (non-hydrogen) atoms. The minimum absolute atomic E-state index is 0.192. The fourth-order valence-corrected chi connectivity index (χ4v) is 1.51. The lowest BCUT2D eigenvalue weighted by Crippen LogP contribution is -2.35. The largest absolute Gasteiger partial charge is 0.463 e. The fourth-order valence-electron chi connectivity index (χ4n) is 1.51. The third-order valence-corrected chi connectivity index (χ3v) is 2.31. The summed E-state index contributed by atoms with van der Waals surface area (Å²) in [5, 5.41) is 0. The zero-order valence-corrected chi connectivity index (χ0v) is 8.87. The molecule has 0 aromatic heterocycles. The Morgan fingerprint density at radius 1 is 1.47 bits per heavy atom. The van der Waals surface area contributed by atoms with Gasteiger partial charge in [-0.15, -0.1) is 0 Å². The van der Waals surface area contributed by atoms with E-state index in [9.17, 15) is 4.79 Å².